The summed E-state index contributed by atoms with van der Waals surface area (Å²) in [6.45, 7) is 7.29. The second kappa shape index (κ2) is 5.74. The van der Waals surface area contributed by atoms with E-state index in [1.54, 1.807) is 12.4 Å². The third-order valence-corrected chi connectivity index (χ3v) is 2.78. The van der Waals surface area contributed by atoms with Gasteiger partial charge < -0.3 is 5.32 Å². The smallest absolute Gasteiger partial charge is 0.0890 e. The molecule has 2 aromatic rings. The number of likely N-dealkylation sites (N-methyl/N-ethyl adjacent to an activating group) is 1. The van der Waals surface area contributed by atoms with Crippen LogP contribution in [0.5, 0.6) is 0 Å². The number of nitrogens with zero attached hydrogens (tertiary/aromatic N) is 2. The summed E-state index contributed by atoms with van der Waals surface area (Å²) in [6, 6.07) is 6.49. The third kappa shape index (κ3) is 2.93. The first-order chi connectivity index (χ1) is 8.70. The van der Waals surface area contributed by atoms with Crippen LogP contribution in [0.1, 0.15) is 32.4 Å². The molecule has 1 atom stereocenters. The monoisotopic (exact) mass is 241 g/mol. The lowest BCUT2D eigenvalue weighted by Gasteiger charge is -2.15. The van der Waals surface area contributed by atoms with Crippen molar-refractivity contribution in [2.45, 2.75) is 26.8 Å². The first-order valence-corrected chi connectivity index (χ1v) is 6.29. The van der Waals surface area contributed by atoms with Gasteiger partial charge in [-0.1, -0.05) is 24.6 Å². The van der Waals surface area contributed by atoms with E-state index < -0.39 is 0 Å². The Balaban J connectivity index is 2.41. The highest BCUT2D eigenvalue weighted by Gasteiger charge is 2.08. The maximum absolute atomic E-state index is 4.35. The van der Waals surface area contributed by atoms with Gasteiger partial charge in [-0.2, -0.15) is 0 Å². The summed E-state index contributed by atoms with van der Waals surface area (Å²) >= 11 is 0. The van der Waals surface area contributed by atoms with E-state index in [1.807, 2.05) is 6.07 Å². The molecule has 94 valence electrons. The maximum Gasteiger partial charge on any atom is 0.0890 e. The lowest BCUT2D eigenvalue weighted by Crippen LogP contribution is -2.19. The van der Waals surface area contributed by atoms with Crippen molar-refractivity contribution >= 4 is 11.0 Å². The van der Waals surface area contributed by atoms with Gasteiger partial charge in [-0.25, -0.2) is 0 Å². The Kier molecular flexibility index (Phi) is 4.05. The first kappa shape index (κ1) is 12.7. The Hall–Kier alpha value is -1.74. The molecule has 1 aromatic heterocycles. The van der Waals surface area contributed by atoms with E-state index in [9.17, 15) is 0 Å². The van der Waals surface area contributed by atoms with Gasteiger partial charge in [0.2, 0.25) is 0 Å². The SMILES string of the molecule is CCNC(C=C(C)C)c1ccc2nccnc2c1. The molecule has 0 bridgehead atoms. The predicted octanol–water partition coefficient (Wildman–Crippen LogP) is 3.25. The second-order valence-electron chi connectivity index (χ2n) is 4.58. The zero-order chi connectivity index (χ0) is 13.0. The fourth-order valence-electron chi connectivity index (χ4n) is 2.00. The van der Waals surface area contributed by atoms with Gasteiger partial charge in [0.1, 0.15) is 0 Å². The zero-order valence-electron chi connectivity index (χ0n) is 11.1. The molecular formula is C15H19N3. The van der Waals surface area contributed by atoms with Gasteiger partial charge in [-0.15, -0.1) is 0 Å². The molecule has 1 heterocycles. The number of allylic oxidation sites excluding steroid dienone is 1. The minimum Gasteiger partial charge on any atom is -0.307 e. The van der Waals surface area contributed by atoms with Crippen LogP contribution in [0.2, 0.25) is 0 Å². The first-order valence-electron chi connectivity index (χ1n) is 6.29. The van der Waals surface area contributed by atoms with Crippen molar-refractivity contribution in [3.8, 4) is 0 Å². The number of benzene rings is 1. The van der Waals surface area contributed by atoms with Crippen LogP contribution in [-0.4, -0.2) is 16.5 Å². The standard InChI is InChI=1S/C15H19N3/c1-4-16-14(9-11(2)3)12-5-6-13-15(10-12)18-8-7-17-13/h5-10,14,16H,4H2,1-3H3. The molecule has 0 aliphatic rings. The molecular weight excluding hydrogens is 222 g/mol. The van der Waals surface area contributed by atoms with Crippen molar-refractivity contribution < 1.29 is 0 Å². The van der Waals surface area contributed by atoms with Crippen LogP contribution in [0.25, 0.3) is 11.0 Å². The molecule has 0 radical (unpaired) electrons. The summed E-state index contributed by atoms with van der Waals surface area (Å²) in [4.78, 5) is 8.64. The van der Waals surface area contributed by atoms with E-state index >= 15 is 0 Å². The predicted molar refractivity (Wildman–Crippen MR) is 75.4 cm³/mol. The molecule has 0 amide bonds. The molecule has 3 heteroatoms. The van der Waals surface area contributed by atoms with E-state index in [-0.39, 0.29) is 6.04 Å². The van der Waals surface area contributed by atoms with E-state index in [2.05, 4.69) is 54.3 Å². The highest BCUT2D eigenvalue weighted by molar-refractivity contribution is 5.74. The summed E-state index contributed by atoms with van der Waals surface area (Å²) in [5.74, 6) is 0. The van der Waals surface area contributed by atoms with Crippen LogP contribution >= 0.6 is 0 Å². The Morgan fingerprint density at radius 1 is 1.22 bits per heavy atom. The zero-order valence-corrected chi connectivity index (χ0v) is 11.1. The molecule has 18 heavy (non-hydrogen) atoms. The molecule has 0 saturated heterocycles. The average molecular weight is 241 g/mol. The largest absolute Gasteiger partial charge is 0.307 e. The van der Waals surface area contributed by atoms with Crippen molar-refractivity contribution in [1.29, 1.82) is 0 Å². The minimum absolute atomic E-state index is 0.242. The normalized spacial score (nSPS) is 12.4. The molecule has 1 unspecified atom stereocenters. The lowest BCUT2D eigenvalue weighted by molar-refractivity contribution is 0.645. The second-order valence-corrected chi connectivity index (χ2v) is 4.58. The summed E-state index contributed by atoms with van der Waals surface area (Å²) in [7, 11) is 0. The van der Waals surface area contributed by atoms with E-state index in [0.29, 0.717) is 0 Å². The number of hydrogen-bond acceptors (Lipinski definition) is 3. The van der Waals surface area contributed by atoms with Crippen molar-refractivity contribution in [3.05, 3.63) is 47.8 Å². The highest BCUT2D eigenvalue weighted by Crippen LogP contribution is 2.19. The maximum atomic E-state index is 4.35. The van der Waals surface area contributed by atoms with Gasteiger partial charge in [0.25, 0.3) is 0 Å². The number of nitrogens with one attached hydrogen (secondary N) is 1. The quantitative estimate of drug-likeness (QED) is 0.835. The molecule has 0 spiro atoms. The highest BCUT2D eigenvalue weighted by atomic mass is 14.9. The Morgan fingerprint density at radius 3 is 2.61 bits per heavy atom. The summed E-state index contributed by atoms with van der Waals surface area (Å²) in [6.07, 6.45) is 5.69. The van der Waals surface area contributed by atoms with E-state index in [4.69, 9.17) is 0 Å². The van der Waals surface area contributed by atoms with Gasteiger partial charge in [0, 0.05) is 12.4 Å². The molecule has 0 fully saturated rings. The van der Waals surface area contributed by atoms with Crippen LogP contribution in [0, 0.1) is 0 Å². The van der Waals surface area contributed by atoms with Gasteiger partial charge >= 0.3 is 0 Å². The lowest BCUT2D eigenvalue weighted by atomic mass is 10.0. The fraction of sp³-hybridized carbons (Fsp3) is 0.333. The summed E-state index contributed by atoms with van der Waals surface area (Å²) in [5, 5.41) is 3.47. The Labute approximate surface area is 108 Å². The molecule has 1 N–H and O–H groups in total. The van der Waals surface area contributed by atoms with E-state index in [1.165, 1.54) is 11.1 Å². The van der Waals surface area contributed by atoms with Gasteiger partial charge in [0.15, 0.2) is 0 Å². The third-order valence-electron chi connectivity index (χ3n) is 2.78. The van der Waals surface area contributed by atoms with Crippen molar-refractivity contribution in [1.82, 2.24) is 15.3 Å². The van der Waals surface area contributed by atoms with E-state index in [0.717, 1.165) is 17.6 Å². The van der Waals surface area contributed by atoms with Crippen LogP contribution < -0.4 is 5.32 Å². The Morgan fingerprint density at radius 2 is 1.94 bits per heavy atom. The van der Waals surface area contributed by atoms with Crippen LogP contribution in [-0.2, 0) is 0 Å². The minimum atomic E-state index is 0.242. The Bertz CT molecular complexity index is 556. The molecule has 1 aromatic carbocycles. The number of rotatable bonds is 4. The van der Waals surface area contributed by atoms with Crippen LogP contribution in [0.4, 0.5) is 0 Å². The van der Waals surface area contributed by atoms with Gasteiger partial charge in [-0.3, -0.25) is 9.97 Å². The van der Waals surface area contributed by atoms with Gasteiger partial charge in [0.05, 0.1) is 17.1 Å². The molecule has 0 aliphatic heterocycles. The van der Waals surface area contributed by atoms with Gasteiger partial charge in [-0.05, 0) is 38.1 Å². The average Bonchev–Trinajstić information content (AvgIpc) is 2.37. The summed E-state index contributed by atoms with van der Waals surface area (Å²) in [5.41, 5.74) is 4.42. The number of aromatic nitrogens is 2. The van der Waals surface area contributed by atoms with Crippen LogP contribution in [0.15, 0.2) is 42.2 Å². The van der Waals surface area contributed by atoms with Crippen molar-refractivity contribution in [3.63, 3.8) is 0 Å². The summed E-state index contributed by atoms with van der Waals surface area (Å²) < 4.78 is 0. The van der Waals surface area contributed by atoms with Crippen molar-refractivity contribution in [2.24, 2.45) is 0 Å². The molecule has 3 nitrogen and oxygen atoms in total. The number of hydrogen-bond donors (Lipinski definition) is 1. The molecule has 0 aliphatic carbocycles. The molecule has 0 saturated carbocycles. The number of fused-ring (bicyclic) bond motifs is 1. The fourth-order valence-corrected chi connectivity index (χ4v) is 2.00. The molecule has 2 rings (SSSR count). The van der Waals surface area contributed by atoms with Crippen LogP contribution in [0.3, 0.4) is 0 Å². The van der Waals surface area contributed by atoms with Crippen molar-refractivity contribution in [2.75, 3.05) is 6.54 Å². The topological polar surface area (TPSA) is 37.8 Å².